The van der Waals surface area contributed by atoms with Gasteiger partial charge >= 0.3 is 0 Å². The van der Waals surface area contributed by atoms with Crippen molar-refractivity contribution in [1.82, 2.24) is 5.43 Å². The molecule has 1 atom stereocenters. The molecule has 44 valence electrons. The van der Waals surface area contributed by atoms with Gasteiger partial charge in [0.2, 0.25) is 0 Å². The van der Waals surface area contributed by atoms with Crippen LogP contribution in [-0.4, -0.2) is 12.6 Å². The number of hydrogen-bond acceptors (Lipinski definition) is 4. The van der Waals surface area contributed by atoms with Gasteiger partial charge in [0.15, 0.2) is 0 Å². The fourth-order valence-electron chi connectivity index (χ4n) is 0.214. The SMILES string of the molecule is C[C@H](CNN)ON. The van der Waals surface area contributed by atoms with E-state index >= 15 is 0 Å². The molecule has 4 nitrogen and oxygen atoms in total. The molecule has 0 bridgehead atoms. The molecule has 0 spiro atoms. The molecular weight excluding hydrogens is 94.1 g/mol. The average molecular weight is 105 g/mol. The van der Waals surface area contributed by atoms with E-state index in [1.54, 1.807) is 0 Å². The number of rotatable bonds is 3. The third kappa shape index (κ3) is 3.68. The molecule has 0 aliphatic heterocycles. The lowest BCUT2D eigenvalue weighted by Gasteiger charge is -2.04. The summed E-state index contributed by atoms with van der Waals surface area (Å²) in [6.45, 7) is 2.40. The van der Waals surface area contributed by atoms with Crippen molar-refractivity contribution >= 4 is 0 Å². The quantitative estimate of drug-likeness (QED) is 0.309. The summed E-state index contributed by atoms with van der Waals surface area (Å²) in [5, 5.41) is 0. The van der Waals surface area contributed by atoms with Gasteiger partial charge in [-0.2, -0.15) is 0 Å². The maximum absolute atomic E-state index is 4.92. The highest BCUT2D eigenvalue weighted by molar-refractivity contribution is 4.46. The summed E-state index contributed by atoms with van der Waals surface area (Å²) >= 11 is 0. The van der Waals surface area contributed by atoms with Gasteiger partial charge in [-0.05, 0) is 6.92 Å². The molecule has 0 aliphatic rings. The zero-order chi connectivity index (χ0) is 5.70. The van der Waals surface area contributed by atoms with E-state index < -0.39 is 0 Å². The first-order chi connectivity index (χ1) is 3.31. The van der Waals surface area contributed by atoms with Crippen molar-refractivity contribution in [3.05, 3.63) is 0 Å². The van der Waals surface area contributed by atoms with E-state index in [0.29, 0.717) is 6.54 Å². The fourth-order valence-corrected chi connectivity index (χ4v) is 0.214. The van der Waals surface area contributed by atoms with Gasteiger partial charge in [0.25, 0.3) is 0 Å². The zero-order valence-corrected chi connectivity index (χ0v) is 4.35. The Morgan fingerprint density at radius 2 is 2.43 bits per heavy atom. The standard InChI is InChI=1S/C3H11N3O/c1-3(7-5)2-6-4/h3,6H,2,4-5H2,1H3/t3-/m1/s1. The molecule has 0 saturated carbocycles. The first-order valence-corrected chi connectivity index (χ1v) is 2.10. The molecular formula is C3H11N3O. The largest absolute Gasteiger partial charge is 0.300 e. The van der Waals surface area contributed by atoms with Gasteiger partial charge in [0, 0.05) is 6.54 Å². The highest BCUT2D eigenvalue weighted by Gasteiger charge is 1.93. The van der Waals surface area contributed by atoms with Gasteiger partial charge in [-0.1, -0.05) is 0 Å². The van der Waals surface area contributed by atoms with Crippen molar-refractivity contribution in [1.29, 1.82) is 0 Å². The molecule has 0 aromatic carbocycles. The van der Waals surface area contributed by atoms with Gasteiger partial charge in [-0.15, -0.1) is 0 Å². The van der Waals surface area contributed by atoms with E-state index in [1.165, 1.54) is 0 Å². The number of nitrogens with one attached hydrogen (secondary N) is 1. The Morgan fingerprint density at radius 1 is 1.86 bits per heavy atom. The summed E-state index contributed by atoms with van der Waals surface area (Å²) in [6.07, 6.45) is -0.00926. The summed E-state index contributed by atoms with van der Waals surface area (Å²) in [7, 11) is 0. The topological polar surface area (TPSA) is 73.3 Å². The van der Waals surface area contributed by atoms with Gasteiger partial charge in [0.05, 0.1) is 6.10 Å². The van der Waals surface area contributed by atoms with Crippen LogP contribution in [0.25, 0.3) is 0 Å². The van der Waals surface area contributed by atoms with E-state index in [2.05, 4.69) is 10.3 Å². The second-order valence-corrected chi connectivity index (χ2v) is 1.35. The molecule has 0 aromatic rings. The van der Waals surface area contributed by atoms with Crippen LogP contribution in [0.15, 0.2) is 0 Å². The third-order valence-corrected chi connectivity index (χ3v) is 0.638. The Bertz CT molecular complexity index is 41.2. The molecule has 0 radical (unpaired) electrons. The van der Waals surface area contributed by atoms with Crippen LogP contribution in [0.1, 0.15) is 6.92 Å². The summed E-state index contributed by atoms with van der Waals surface area (Å²) in [5.74, 6) is 9.68. The van der Waals surface area contributed by atoms with Crippen LogP contribution in [0.2, 0.25) is 0 Å². The number of hydrazine groups is 1. The van der Waals surface area contributed by atoms with E-state index in [1.807, 2.05) is 6.92 Å². The molecule has 0 fully saturated rings. The van der Waals surface area contributed by atoms with Crippen LogP contribution >= 0.6 is 0 Å². The first-order valence-electron chi connectivity index (χ1n) is 2.10. The van der Waals surface area contributed by atoms with Crippen molar-refractivity contribution in [3.63, 3.8) is 0 Å². The van der Waals surface area contributed by atoms with E-state index in [0.717, 1.165) is 0 Å². The minimum absolute atomic E-state index is 0.00926. The summed E-state index contributed by atoms with van der Waals surface area (Å²) in [6, 6.07) is 0. The second kappa shape index (κ2) is 4.01. The Morgan fingerprint density at radius 3 is 2.57 bits per heavy atom. The summed E-state index contributed by atoms with van der Waals surface area (Å²) in [4.78, 5) is 4.35. The highest BCUT2D eigenvalue weighted by atomic mass is 16.6. The van der Waals surface area contributed by atoms with Crippen LogP contribution in [0.4, 0.5) is 0 Å². The molecule has 0 aromatic heterocycles. The average Bonchev–Trinajstić information content (AvgIpc) is 1.68. The van der Waals surface area contributed by atoms with Gasteiger partial charge < -0.3 is 4.84 Å². The van der Waals surface area contributed by atoms with Crippen LogP contribution in [0, 0.1) is 0 Å². The molecule has 0 amide bonds. The van der Waals surface area contributed by atoms with Crippen molar-refractivity contribution < 1.29 is 4.84 Å². The monoisotopic (exact) mass is 105 g/mol. The lowest BCUT2D eigenvalue weighted by atomic mass is 10.4. The maximum Gasteiger partial charge on any atom is 0.0897 e. The zero-order valence-electron chi connectivity index (χ0n) is 4.35. The lowest BCUT2D eigenvalue weighted by Crippen LogP contribution is -2.33. The number of hydrogen-bond donors (Lipinski definition) is 3. The Balaban J connectivity index is 2.83. The molecule has 0 aliphatic carbocycles. The molecule has 4 heteroatoms. The van der Waals surface area contributed by atoms with E-state index in [-0.39, 0.29) is 6.10 Å². The van der Waals surface area contributed by atoms with Crippen molar-refractivity contribution in [3.8, 4) is 0 Å². The molecule has 0 saturated heterocycles. The molecule has 0 unspecified atom stereocenters. The van der Waals surface area contributed by atoms with Gasteiger partial charge in [-0.3, -0.25) is 11.3 Å². The number of nitrogens with two attached hydrogens (primary N) is 2. The molecule has 5 N–H and O–H groups in total. The van der Waals surface area contributed by atoms with Gasteiger partial charge in [0.1, 0.15) is 0 Å². The lowest BCUT2D eigenvalue weighted by molar-refractivity contribution is 0.0667. The minimum Gasteiger partial charge on any atom is -0.300 e. The minimum atomic E-state index is -0.00926. The Hall–Kier alpha value is -0.160. The first kappa shape index (κ1) is 6.84. The van der Waals surface area contributed by atoms with Crippen molar-refractivity contribution in [2.75, 3.05) is 6.54 Å². The predicted molar refractivity (Wildman–Crippen MR) is 26.9 cm³/mol. The van der Waals surface area contributed by atoms with Crippen molar-refractivity contribution in [2.45, 2.75) is 13.0 Å². The van der Waals surface area contributed by atoms with Crippen LogP contribution in [0.5, 0.6) is 0 Å². The molecule has 7 heavy (non-hydrogen) atoms. The smallest absolute Gasteiger partial charge is 0.0897 e. The van der Waals surface area contributed by atoms with Crippen molar-refractivity contribution in [2.24, 2.45) is 11.7 Å². The summed E-state index contributed by atoms with van der Waals surface area (Å²) in [5.41, 5.74) is 2.41. The van der Waals surface area contributed by atoms with Crippen LogP contribution in [0.3, 0.4) is 0 Å². The van der Waals surface area contributed by atoms with E-state index in [9.17, 15) is 0 Å². The Kier molecular flexibility index (Phi) is 3.92. The van der Waals surface area contributed by atoms with Gasteiger partial charge in [-0.25, -0.2) is 5.90 Å². The summed E-state index contributed by atoms with van der Waals surface area (Å²) < 4.78 is 0. The van der Waals surface area contributed by atoms with E-state index in [4.69, 9.17) is 11.7 Å². The fraction of sp³-hybridized carbons (Fsp3) is 1.00. The second-order valence-electron chi connectivity index (χ2n) is 1.35. The maximum atomic E-state index is 4.92. The third-order valence-electron chi connectivity index (χ3n) is 0.638. The normalized spacial score (nSPS) is 14.1. The van der Waals surface area contributed by atoms with Crippen LogP contribution < -0.4 is 17.2 Å². The molecule has 0 rings (SSSR count). The predicted octanol–water partition coefficient (Wildman–Crippen LogP) is -1.27. The Labute approximate surface area is 42.7 Å². The van der Waals surface area contributed by atoms with Crippen LogP contribution in [-0.2, 0) is 4.84 Å². The highest BCUT2D eigenvalue weighted by Crippen LogP contribution is 1.76. The molecule has 0 heterocycles.